The number of hydrogen-bond donors (Lipinski definition) is 3. The van der Waals surface area contributed by atoms with E-state index in [1.54, 1.807) is 0 Å². The van der Waals surface area contributed by atoms with Gasteiger partial charge in [-0.15, -0.1) is 12.4 Å². The van der Waals surface area contributed by atoms with E-state index in [0.717, 1.165) is 0 Å². The highest BCUT2D eigenvalue weighted by Crippen LogP contribution is 2.49. The monoisotopic (exact) mass is 335 g/mol. The molecule has 0 aromatic heterocycles. The highest BCUT2D eigenvalue weighted by molar-refractivity contribution is 5.92. The Balaban J connectivity index is 0.00000441. The van der Waals surface area contributed by atoms with Crippen molar-refractivity contribution in [3.63, 3.8) is 0 Å². The average Bonchev–Trinajstić information content (AvgIpc) is 2.33. The minimum absolute atomic E-state index is 0. The van der Waals surface area contributed by atoms with Crippen LogP contribution >= 0.6 is 12.4 Å². The molecule has 0 radical (unpaired) electrons. The number of carbonyl (C=O) groups excluding carboxylic acids is 2. The number of ether oxygens (including phenoxy) is 1. The summed E-state index contributed by atoms with van der Waals surface area (Å²) < 4.78 is 5.59. The lowest BCUT2D eigenvalue weighted by molar-refractivity contribution is -0.170. The second kappa shape index (κ2) is 7.15. The molecule has 1 fully saturated rings. The van der Waals surface area contributed by atoms with Crippen molar-refractivity contribution in [3.8, 4) is 0 Å². The van der Waals surface area contributed by atoms with Gasteiger partial charge in [0, 0.05) is 24.0 Å². The highest BCUT2D eigenvalue weighted by atomic mass is 35.5. The van der Waals surface area contributed by atoms with Crippen molar-refractivity contribution in [2.75, 3.05) is 13.2 Å². The minimum atomic E-state index is -0.991. The van der Waals surface area contributed by atoms with Crippen LogP contribution in [-0.2, 0) is 14.3 Å². The van der Waals surface area contributed by atoms with Crippen LogP contribution in [0.2, 0.25) is 0 Å². The molecule has 0 aliphatic heterocycles. The topological polar surface area (TPSA) is 93.4 Å². The Labute approximate surface area is 139 Å². The minimum Gasteiger partial charge on any atom is -0.378 e. The average molecular weight is 336 g/mol. The molecule has 2 amide bonds. The van der Waals surface area contributed by atoms with Crippen molar-refractivity contribution >= 4 is 24.2 Å². The van der Waals surface area contributed by atoms with Gasteiger partial charge in [-0.05, 0) is 27.7 Å². The number of rotatable bonds is 5. The number of halogens is 1. The zero-order valence-corrected chi connectivity index (χ0v) is 15.2. The van der Waals surface area contributed by atoms with Gasteiger partial charge in [0.2, 0.25) is 11.8 Å². The molecular formula is C15H30ClN3O3. The third-order valence-corrected chi connectivity index (χ3v) is 4.16. The van der Waals surface area contributed by atoms with Crippen molar-refractivity contribution in [1.29, 1.82) is 0 Å². The van der Waals surface area contributed by atoms with Gasteiger partial charge in [-0.3, -0.25) is 9.59 Å². The molecule has 0 aromatic carbocycles. The zero-order valence-electron chi connectivity index (χ0n) is 14.4. The van der Waals surface area contributed by atoms with Gasteiger partial charge in [0.05, 0.1) is 12.6 Å². The fourth-order valence-corrected chi connectivity index (χ4v) is 2.60. The number of carbonyl (C=O) groups is 2. The van der Waals surface area contributed by atoms with E-state index in [4.69, 9.17) is 10.5 Å². The number of hydrogen-bond acceptors (Lipinski definition) is 4. The first-order chi connectivity index (χ1) is 9.44. The van der Waals surface area contributed by atoms with Crippen LogP contribution in [-0.4, -0.2) is 42.1 Å². The summed E-state index contributed by atoms with van der Waals surface area (Å²) >= 11 is 0. The van der Waals surface area contributed by atoms with Crippen LogP contribution < -0.4 is 16.4 Å². The molecular weight excluding hydrogens is 306 g/mol. The Kier molecular flexibility index (Phi) is 6.87. The summed E-state index contributed by atoms with van der Waals surface area (Å²) in [6, 6.07) is 0. The molecule has 4 N–H and O–H groups in total. The van der Waals surface area contributed by atoms with Crippen molar-refractivity contribution in [2.45, 2.75) is 65.1 Å². The van der Waals surface area contributed by atoms with Gasteiger partial charge in [0.15, 0.2) is 0 Å². The summed E-state index contributed by atoms with van der Waals surface area (Å²) in [5, 5.41) is 5.43. The smallest absolute Gasteiger partial charge is 0.241 e. The summed E-state index contributed by atoms with van der Waals surface area (Å²) in [6.45, 7) is 12.0. The van der Waals surface area contributed by atoms with Gasteiger partial charge in [-0.1, -0.05) is 13.8 Å². The van der Waals surface area contributed by atoms with E-state index in [-0.39, 0.29) is 42.4 Å². The molecule has 22 heavy (non-hydrogen) atoms. The van der Waals surface area contributed by atoms with Crippen molar-refractivity contribution < 1.29 is 14.3 Å². The largest absolute Gasteiger partial charge is 0.378 e. The van der Waals surface area contributed by atoms with Crippen LogP contribution in [0.25, 0.3) is 0 Å². The molecule has 1 saturated carbocycles. The molecule has 0 bridgehead atoms. The van der Waals surface area contributed by atoms with E-state index in [2.05, 4.69) is 10.6 Å². The molecule has 1 aliphatic rings. The quantitative estimate of drug-likeness (QED) is 0.698. The Morgan fingerprint density at radius 1 is 1.32 bits per heavy atom. The maximum atomic E-state index is 12.3. The van der Waals surface area contributed by atoms with Gasteiger partial charge in [-0.2, -0.15) is 0 Å². The first-order valence-corrected chi connectivity index (χ1v) is 7.44. The highest BCUT2D eigenvalue weighted by Gasteiger charge is 2.62. The van der Waals surface area contributed by atoms with Crippen LogP contribution in [0, 0.1) is 5.41 Å². The van der Waals surface area contributed by atoms with Crippen LogP contribution in [0.4, 0.5) is 0 Å². The van der Waals surface area contributed by atoms with Gasteiger partial charge in [0.25, 0.3) is 0 Å². The first-order valence-electron chi connectivity index (χ1n) is 7.44. The molecule has 7 heteroatoms. The molecule has 0 aromatic rings. The summed E-state index contributed by atoms with van der Waals surface area (Å²) in [4.78, 5) is 24.0. The van der Waals surface area contributed by atoms with Crippen LogP contribution in [0.15, 0.2) is 0 Å². The molecule has 0 heterocycles. The Hall–Kier alpha value is -0.850. The summed E-state index contributed by atoms with van der Waals surface area (Å²) in [6.07, 6.45) is 0.447. The number of nitrogens with two attached hydrogens (primary N) is 1. The fourth-order valence-electron chi connectivity index (χ4n) is 2.60. The molecule has 2 unspecified atom stereocenters. The van der Waals surface area contributed by atoms with Crippen LogP contribution in [0.5, 0.6) is 0 Å². The molecule has 1 aliphatic carbocycles. The lowest BCUT2D eigenvalue weighted by Crippen LogP contribution is -2.76. The SMILES string of the molecule is CCOC1CC(N)(C(=O)NCC(=O)NC(C)(C)C)C1(C)C.Cl. The van der Waals surface area contributed by atoms with E-state index in [1.165, 1.54) is 0 Å². The molecule has 6 nitrogen and oxygen atoms in total. The predicted molar refractivity (Wildman–Crippen MR) is 88.9 cm³/mol. The van der Waals surface area contributed by atoms with Crippen LogP contribution in [0.1, 0.15) is 48.0 Å². The maximum absolute atomic E-state index is 12.3. The zero-order chi connectivity index (χ0) is 16.5. The van der Waals surface area contributed by atoms with E-state index >= 15 is 0 Å². The summed E-state index contributed by atoms with van der Waals surface area (Å²) in [5.41, 5.74) is 4.47. The second-order valence-electron chi connectivity index (χ2n) is 7.32. The van der Waals surface area contributed by atoms with Gasteiger partial charge in [-0.25, -0.2) is 0 Å². The van der Waals surface area contributed by atoms with Gasteiger partial charge < -0.3 is 21.1 Å². The van der Waals surface area contributed by atoms with E-state index < -0.39 is 11.0 Å². The molecule has 0 saturated heterocycles. The Morgan fingerprint density at radius 2 is 1.86 bits per heavy atom. The Morgan fingerprint density at radius 3 is 2.27 bits per heavy atom. The molecule has 130 valence electrons. The summed E-state index contributed by atoms with van der Waals surface area (Å²) in [5.74, 6) is -0.523. The summed E-state index contributed by atoms with van der Waals surface area (Å²) in [7, 11) is 0. The van der Waals surface area contributed by atoms with E-state index in [1.807, 2.05) is 41.5 Å². The van der Waals surface area contributed by atoms with Gasteiger partial charge >= 0.3 is 0 Å². The van der Waals surface area contributed by atoms with Gasteiger partial charge in [0.1, 0.15) is 5.54 Å². The predicted octanol–water partition coefficient (Wildman–Crippen LogP) is 0.972. The van der Waals surface area contributed by atoms with Crippen molar-refractivity contribution in [3.05, 3.63) is 0 Å². The number of amides is 2. The third-order valence-electron chi connectivity index (χ3n) is 4.16. The van der Waals surface area contributed by atoms with Crippen molar-refractivity contribution in [1.82, 2.24) is 10.6 Å². The van der Waals surface area contributed by atoms with E-state index in [0.29, 0.717) is 13.0 Å². The van der Waals surface area contributed by atoms with Crippen molar-refractivity contribution in [2.24, 2.45) is 11.1 Å². The lowest BCUT2D eigenvalue weighted by Gasteiger charge is -2.57. The lowest BCUT2D eigenvalue weighted by atomic mass is 9.54. The molecule has 1 rings (SSSR count). The molecule has 2 atom stereocenters. The standard InChI is InChI=1S/C15H29N3O3.ClH/c1-7-21-10-8-15(16,14(10,5)6)12(20)17-9-11(19)18-13(2,3)4;/h10H,7-9,16H2,1-6H3,(H,17,20)(H,18,19);1H. The number of nitrogens with one attached hydrogen (secondary N) is 2. The van der Waals surface area contributed by atoms with E-state index in [9.17, 15) is 9.59 Å². The molecule has 0 spiro atoms. The fraction of sp³-hybridized carbons (Fsp3) is 0.867. The van der Waals surface area contributed by atoms with Crippen LogP contribution in [0.3, 0.4) is 0 Å². The first kappa shape index (κ1) is 21.1. The third kappa shape index (κ3) is 4.33. The maximum Gasteiger partial charge on any atom is 0.241 e. The normalized spacial score (nSPS) is 26.4. The second-order valence-corrected chi connectivity index (χ2v) is 7.32. The Bertz CT molecular complexity index is 421.